The Hall–Kier alpha value is -3.69. The van der Waals surface area contributed by atoms with Crippen molar-refractivity contribution >= 4 is 11.8 Å². The molecule has 1 aliphatic carbocycles. The lowest BCUT2D eigenvalue weighted by atomic mass is 9.95. The molecule has 10 heteroatoms. The Balaban J connectivity index is 1.44. The number of hydrogen-bond acceptors (Lipinski definition) is 5. The Kier molecular flexibility index (Phi) is 7.56. The molecule has 2 aromatic carbocycles. The fourth-order valence-corrected chi connectivity index (χ4v) is 3.98. The maximum Gasteiger partial charge on any atom is 0.247 e. The maximum atomic E-state index is 13.3. The van der Waals surface area contributed by atoms with Gasteiger partial charge in [0.25, 0.3) is 0 Å². The normalized spacial score (nSPS) is 14.1. The molecule has 1 saturated carbocycles. The van der Waals surface area contributed by atoms with E-state index in [4.69, 9.17) is 0 Å². The number of hydrogen-bond donors (Lipinski definition) is 1. The minimum absolute atomic E-state index is 0.124. The highest BCUT2D eigenvalue weighted by molar-refractivity contribution is 5.84. The van der Waals surface area contributed by atoms with Gasteiger partial charge in [-0.2, -0.15) is 4.80 Å². The van der Waals surface area contributed by atoms with E-state index < -0.39 is 0 Å². The Bertz CT molecular complexity index is 1110. The summed E-state index contributed by atoms with van der Waals surface area (Å²) in [7, 11) is 0. The van der Waals surface area contributed by atoms with Crippen LogP contribution in [0.2, 0.25) is 0 Å². The number of benzene rings is 2. The van der Waals surface area contributed by atoms with Crippen LogP contribution in [0.1, 0.15) is 37.7 Å². The summed E-state index contributed by atoms with van der Waals surface area (Å²) < 4.78 is 26.5. The summed E-state index contributed by atoms with van der Waals surface area (Å²) in [6, 6.07) is 11.5. The van der Waals surface area contributed by atoms with Gasteiger partial charge in [-0.05, 0) is 60.0 Å². The molecule has 0 radical (unpaired) electrons. The van der Waals surface area contributed by atoms with Gasteiger partial charge in [0.05, 0.1) is 6.54 Å². The number of nitrogens with one attached hydrogen (secondary N) is 1. The number of rotatable bonds is 8. The molecule has 2 amide bonds. The molecule has 34 heavy (non-hydrogen) atoms. The van der Waals surface area contributed by atoms with E-state index in [1.54, 1.807) is 12.1 Å². The summed E-state index contributed by atoms with van der Waals surface area (Å²) in [4.78, 5) is 28.3. The van der Waals surface area contributed by atoms with E-state index in [-0.39, 0.29) is 54.9 Å². The molecule has 178 valence electrons. The van der Waals surface area contributed by atoms with Crippen molar-refractivity contribution in [3.8, 4) is 11.4 Å². The Morgan fingerprint density at radius 1 is 0.971 bits per heavy atom. The number of carbonyl (C=O) groups excluding carboxylic acids is 2. The molecule has 1 aromatic heterocycles. The molecule has 3 aromatic rings. The van der Waals surface area contributed by atoms with Crippen molar-refractivity contribution in [3.63, 3.8) is 0 Å². The van der Waals surface area contributed by atoms with Crippen LogP contribution in [0.3, 0.4) is 0 Å². The summed E-state index contributed by atoms with van der Waals surface area (Å²) >= 11 is 0. The van der Waals surface area contributed by atoms with Crippen molar-refractivity contribution in [1.29, 1.82) is 0 Å². The predicted molar refractivity (Wildman–Crippen MR) is 120 cm³/mol. The third kappa shape index (κ3) is 6.43. The van der Waals surface area contributed by atoms with E-state index in [0.717, 1.165) is 30.5 Å². The zero-order chi connectivity index (χ0) is 23.9. The van der Waals surface area contributed by atoms with E-state index in [9.17, 15) is 18.4 Å². The second-order valence-corrected chi connectivity index (χ2v) is 8.43. The van der Waals surface area contributed by atoms with E-state index in [1.807, 2.05) is 0 Å². The Morgan fingerprint density at radius 2 is 1.62 bits per heavy atom. The molecule has 1 aliphatic rings. The third-order valence-corrected chi connectivity index (χ3v) is 5.78. The monoisotopic (exact) mass is 468 g/mol. The van der Waals surface area contributed by atoms with Crippen LogP contribution in [-0.4, -0.2) is 49.5 Å². The van der Waals surface area contributed by atoms with Crippen LogP contribution in [0.15, 0.2) is 48.5 Å². The average Bonchev–Trinajstić information content (AvgIpc) is 3.29. The molecule has 0 saturated heterocycles. The van der Waals surface area contributed by atoms with Crippen molar-refractivity contribution in [2.45, 2.75) is 51.2 Å². The first-order valence-corrected chi connectivity index (χ1v) is 11.3. The van der Waals surface area contributed by atoms with Crippen LogP contribution in [0.4, 0.5) is 8.78 Å². The third-order valence-electron chi connectivity index (χ3n) is 5.78. The fraction of sp³-hybridized carbons (Fsp3) is 0.375. The largest absolute Gasteiger partial charge is 0.352 e. The van der Waals surface area contributed by atoms with Gasteiger partial charge in [-0.1, -0.05) is 31.4 Å². The molecule has 0 spiro atoms. The molecule has 0 bridgehead atoms. The second-order valence-electron chi connectivity index (χ2n) is 8.43. The highest BCUT2D eigenvalue weighted by Gasteiger charge is 2.22. The van der Waals surface area contributed by atoms with Crippen LogP contribution in [-0.2, 0) is 22.7 Å². The Morgan fingerprint density at radius 3 is 2.29 bits per heavy atom. The molecule has 1 fully saturated rings. The lowest BCUT2D eigenvalue weighted by Crippen LogP contribution is -2.45. The summed E-state index contributed by atoms with van der Waals surface area (Å²) in [6.07, 6.45) is 5.21. The number of tetrazole rings is 1. The van der Waals surface area contributed by atoms with Crippen LogP contribution < -0.4 is 5.32 Å². The smallest absolute Gasteiger partial charge is 0.247 e. The van der Waals surface area contributed by atoms with Gasteiger partial charge >= 0.3 is 0 Å². The second kappa shape index (κ2) is 11.0. The summed E-state index contributed by atoms with van der Waals surface area (Å²) in [5.41, 5.74) is 1.26. The van der Waals surface area contributed by atoms with E-state index in [0.29, 0.717) is 11.1 Å². The first kappa shape index (κ1) is 23.5. The van der Waals surface area contributed by atoms with Crippen molar-refractivity contribution in [2.24, 2.45) is 0 Å². The maximum absolute atomic E-state index is 13.3. The zero-order valence-electron chi connectivity index (χ0n) is 18.7. The standard InChI is InChI=1S/C24H26F2N6O2/c25-19-10-6-17(7-11-19)14-31(15-22(33)27-21-4-2-1-3-5-21)23(34)16-32-29-24(28-30-32)18-8-12-20(26)13-9-18/h6-13,21H,1-5,14-16H2,(H,27,33). The molecular weight excluding hydrogens is 442 g/mol. The van der Waals surface area contributed by atoms with Crippen molar-refractivity contribution in [2.75, 3.05) is 6.54 Å². The number of aromatic nitrogens is 4. The minimum atomic E-state index is -0.383. The molecule has 0 unspecified atom stereocenters. The summed E-state index contributed by atoms with van der Waals surface area (Å²) in [6.45, 7) is -0.227. The quantitative estimate of drug-likeness (QED) is 0.549. The van der Waals surface area contributed by atoms with Gasteiger partial charge in [0.1, 0.15) is 18.2 Å². The van der Waals surface area contributed by atoms with Crippen LogP contribution in [0.25, 0.3) is 11.4 Å². The summed E-state index contributed by atoms with van der Waals surface area (Å²) in [5.74, 6) is -1.12. The molecule has 0 aliphatic heterocycles. The number of amides is 2. The van der Waals surface area contributed by atoms with Crippen LogP contribution in [0.5, 0.6) is 0 Å². The summed E-state index contributed by atoms with van der Waals surface area (Å²) in [5, 5.41) is 15.1. The highest BCUT2D eigenvalue weighted by atomic mass is 19.1. The highest BCUT2D eigenvalue weighted by Crippen LogP contribution is 2.17. The fourth-order valence-electron chi connectivity index (χ4n) is 3.98. The van der Waals surface area contributed by atoms with Gasteiger partial charge in [-0.25, -0.2) is 8.78 Å². The number of halogens is 2. The van der Waals surface area contributed by atoms with Gasteiger partial charge in [-0.15, -0.1) is 10.2 Å². The van der Waals surface area contributed by atoms with Gasteiger partial charge < -0.3 is 10.2 Å². The lowest BCUT2D eigenvalue weighted by Gasteiger charge is -2.26. The molecule has 4 rings (SSSR count). The van der Waals surface area contributed by atoms with E-state index >= 15 is 0 Å². The van der Waals surface area contributed by atoms with Crippen molar-refractivity contribution in [1.82, 2.24) is 30.4 Å². The lowest BCUT2D eigenvalue weighted by molar-refractivity contribution is -0.137. The average molecular weight is 469 g/mol. The van der Waals surface area contributed by atoms with E-state index in [1.165, 1.54) is 47.7 Å². The molecule has 8 nitrogen and oxygen atoms in total. The molecular formula is C24H26F2N6O2. The van der Waals surface area contributed by atoms with E-state index in [2.05, 4.69) is 20.7 Å². The van der Waals surface area contributed by atoms with Crippen LogP contribution >= 0.6 is 0 Å². The van der Waals surface area contributed by atoms with Crippen molar-refractivity contribution in [3.05, 3.63) is 65.7 Å². The zero-order valence-corrected chi connectivity index (χ0v) is 18.7. The predicted octanol–water partition coefficient (Wildman–Crippen LogP) is 3.10. The first-order chi connectivity index (χ1) is 16.5. The van der Waals surface area contributed by atoms with Gasteiger partial charge in [0.15, 0.2) is 0 Å². The van der Waals surface area contributed by atoms with Gasteiger partial charge in [-0.3, -0.25) is 9.59 Å². The molecule has 1 heterocycles. The molecule has 0 atom stereocenters. The van der Waals surface area contributed by atoms with Crippen LogP contribution in [0, 0.1) is 11.6 Å². The SMILES string of the molecule is O=C(CN(Cc1ccc(F)cc1)C(=O)Cn1nnc(-c2ccc(F)cc2)n1)NC1CCCCC1. The number of nitrogens with zero attached hydrogens (tertiary/aromatic N) is 5. The topological polar surface area (TPSA) is 93.0 Å². The van der Waals surface area contributed by atoms with Crippen molar-refractivity contribution < 1.29 is 18.4 Å². The Labute approximate surface area is 196 Å². The number of carbonyl (C=O) groups is 2. The van der Waals surface area contributed by atoms with Gasteiger partial charge in [0, 0.05) is 18.2 Å². The first-order valence-electron chi connectivity index (χ1n) is 11.3. The van der Waals surface area contributed by atoms with Gasteiger partial charge in [0.2, 0.25) is 17.6 Å². The molecule has 1 N–H and O–H groups in total. The minimum Gasteiger partial charge on any atom is -0.352 e.